The molecule has 0 rings (SSSR count). The molecular weight excluding hydrogens is 158 g/mol. The molecule has 0 saturated carbocycles. The van der Waals surface area contributed by atoms with Crippen LogP contribution >= 0.6 is 0 Å². The van der Waals surface area contributed by atoms with Crippen LogP contribution in [-0.2, 0) is 0 Å². The van der Waals surface area contributed by atoms with E-state index in [0.29, 0.717) is 5.92 Å². The second kappa shape index (κ2) is 7.78. The highest BCUT2D eigenvalue weighted by molar-refractivity contribution is 5.79. The van der Waals surface area contributed by atoms with Crippen LogP contribution in [0.3, 0.4) is 0 Å². The fourth-order valence-corrected chi connectivity index (χ4v) is 1.29. The lowest BCUT2D eigenvalue weighted by atomic mass is 9.97. The molecule has 0 bridgehead atoms. The van der Waals surface area contributed by atoms with E-state index in [2.05, 4.69) is 31.0 Å². The van der Waals surface area contributed by atoms with Crippen molar-refractivity contribution in [2.24, 2.45) is 10.9 Å². The maximum absolute atomic E-state index is 4.07. The molecule has 13 heavy (non-hydrogen) atoms. The Morgan fingerprint density at radius 1 is 1.46 bits per heavy atom. The molecule has 0 fully saturated rings. The van der Waals surface area contributed by atoms with Crippen LogP contribution in [0.2, 0.25) is 0 Å². The van der Waals surface area contributed by atoms with Gasteiger partial charge in [0.15, 0.2) is 0 Å². The summed E-state index contributed by atoms with van der Waals surface area (Å²) in [5.74, 6) is 0.616. The highest BCUT2D eigenvalue weighted by atomic mass is 14.6. The Balaban J connectivity index is 4.39. The Morgan fingerprint density at radius 2 is 2.15 bits per heavy atom. The zero-order chi connectivity index (χ0) is 10.1. The average molecular weight is 179 g/mol. The molecule has 0 aliphatic rings. The minimum atomic E-state index is 0.616. The van der Waals surface area contributed by atoms with Crippen LogP contribution in [0.15, 0.2) is 28.8 Å². The van der Waals surface area contributed by atoms with Gasteiger partial charge >= 0.3 is 0 Å². The summed E-state index contributed by atoms with van der Waals surface area (Å²) < 4.78 is 0. The van der Waals surface area contributed by atoms with Gasteiger partial charge in [0.1, 0.15) is 0 Å². The average Bonchev–Trinajstić information content (AvgIpc) is 2.12. The topological polar surface area (TPSA) is 12.4 Å². The highest BCUT2D eigenvalue weighted by Crippen LogP contribution is 2.14. The maximum atomic E-state index is 4.07. The summed E-state index contributed by atoms with van der Waals surface area (Å²) in [6.07, 6.45) is 10.7. The predicted molar refractivity (Wildman–Crippen MR) is 61.4 cm³/mol. The van der Waals surface area contributed by atoms with E-state index < -0.39 is 0 Å². The van der Waals surface area contributed by atoms with E-state index in [4.69, 9.17) is 0 Å². The standard InChI is InChI=1S/C12H21N/c1-5-7-9-12(10-13-4)11(3)8-6-2/h5,7,9-11H,6,8H2,1-4H3/b7-5+,12-9+,13-10-. The smallest absolute Gasteiger partial charge is 0.0277 e. The summed E-state index contributed by atoms with van der Waals surface area (Å²) in [4.78, 5) is 4.07. The molecule has 0 aromatic carbocycles. The Labute approximate surface area is 82.3 Å². The van der Waals surface area contributed by atoms with E-state index in [9.17, 15) is 0 Å². The summed E-state index contributed by atoms with van der Waals surface area (Å²) in [7, 11) is 1.82. The SMILES string of the molecule is C/C=C/C=C(\C=N/C)C(C)CCC. The number of aliphatic imine (C=N–C) groups is 1. The molecule has 1 unspecified atom stereocenters. The third kappa shape index (κ3) is 5.40. The summed E-state index contributed by atoms with van der Waals surface area (Å²) in [6, 6.07) is 0. The van der Waals surface area contributed by atoms with Gasteiger partial charge in [-0.15, -0.1) is 0 Å². The van der Waals surface area contributed by atoms with Crippen LogP contribution in [0, 0.1) is 5.92 Å². The molecule has 0 aromatic rings. The minimum absolute atomic E-state index is 0.616. The van der Waals surface area contributed by atoms with Gasteiger partial charge in [-0.25, -0.2) is 0 Å². The summed E-state index contributed by atoms with van der Waals surface area (Å²) >= 11 is 0. The molecule has 0 saturated heterocycles. The van der Waals surface area contributed by atoms with E-state index in [1.54, 1.807) is 0 Å². The molecule has 0 spiro atoms. The van der Waals surface area contributed by atoms with Crippen molar-refractivity contribution in [2.45, 2.75) is 33.6 Å². The highest BCUT2D eigenvalue weighted by Gasteiger charge is 2.03. The van der Waals surface area contributed by atoms with Crippen molar-refractivity contribution in [2.75, 3.05) is 7.05 Å². The number of allylic oxidation sites excluding steroid dienone is 4. The zero-order valence-corrected chi connectivity index (χ0v) is 9.25. The van der Waals surface area contributed by atoms with Gasteiger partial charge in [0.25, 0.3) is 0 Å². The van der Waals surface area contributed by atoms with Crippen LogP contribution in [0.5, 0.6) is 0 Å². The van der Waals surface area contributed by atoms with E-state index >= 15 is 0 Å². The quantitative estimate of drug-likeness (QED) is 0.451. The van der Waals surface area contributed by atoms with E-state index in [0.717, 1.165) is 0 Å². The molecular formula is C12H21N. The summed E-state index contributed by atoms with van der Waals surface area (Å²) in [5.41, 5.74) is 1.32. The molecule has 0 radical (unpaired) electrons. The van der Waals surface area contributed by atoms with Crippen molar-refractivity contribution in [3.8, 4) is 0 Å². The first kappa shape index (κ1) is 12.2. The lowest BCUT2D eigenvalue weighted by molar-refractivity contribution is 0.620. The first-order valence-electron chi connectivity index (χ1n) is 5.01. The van der Waals surface area contributed by atoms with Crippen LogP contribution in [0.4, 0.5) is 0 Å². The Kier molecular flexibility index (Phi) is 7.27. The molecule has 0 aromatic heterocycles. The van der Waals surface area contributed by atoms with Gasteiger partial charge in [-0.3, -0.25) is 4.99 Å². The molecule has 0 heterocycles. The van der Waals surface area contributed by atoms with Crippen molar-refractivity contribution in [3.63, 3.8) is 0 Å². The third-order valence-corrected chi connectivity index (χ3v) is 2.05. The fraction of sp³-hybridized carbons (Fsp3) is 0.583. The Hall–Kier alpha value is -0.850. The van der Waals surface area contributed by atoms with Crippen molar-refractivity contribution in [1.82, 2.24) is 0 Å². The molecule has 74 valence electrons. The first-order valence-corrected chi connectivity index (χ1v) is 5.01. The van der Waals surface area contributed by atoms with Crippen LogP contribution < -0.4 is 0 Å². The minimum Gasteiger partial charge on any atom is -0.296 e. The van der Waals surface area contributed by atoms with Gasteiger partial charge in [-0.1, -0.05) is 38.5 Å². The summed E-state index contributed by atoms with van der Waals surface area (Å²) in [6.45, 7) is 6.50. The van der Waals surface area contributed by atoms with Crippen molar-refractivity contribution in [3.05, 3.63) is 23.8 Å². The molecule has 0 N–H and O–H groups in total. The number of rotatable bonds is 5. The van der Waals surface area contributed by atoms with Gasteiger partial charge in [-0.05, 0) is 24.8 Å². The molecule has 0 amide bonds. The normalized spacial score (nSPS) is 15.8. The number of nitrogens with zero attached hydrogens (tertiary/aromatic N) is 1. The van der Waals surface area contributed by atoms with E-state index in [1.165, 1.54) is 18.4 Å². The van der Waals surface area contributed by atoms with Crippen LogP contribution in [0.1, 0.15) is 33.6 Å². The maximum Gasteiger partial charge on any atom is 0.0277 e. The molecule has 1 nitrogen and oxygen atoms in total. The second-order valence-electron chi connectivity index (χ2n) is 3.27. The Morgan fingerprint density at radius 3 is 2.62 bits per heavy atom. The number of hydrogen-bond donors (Lipinski definition) is 0. The first-order chi connectivity index (χ1) is 6.26. The fourth-order valence-electron chi connectivity index (χ4n) is 1.29. The lowest BCUT2D eigenvalue weighted by Crippen LogP contribution is -2.00. The lowest BCUT2D eigenvalue weighted by Gasteiger charge is -2.09. The second-order valence-corrected chi connectivity index (χ2v) is 3.27. The van der Waals surface area contributed by atoms with Crippen LogP contribution in [-0.4, -0.2) is 13.3 Å². The third-order valence-electron chi connectivity index (χ3n) is 2.05. The van der Waals surface area contributed by atoms with Gasteiger partial charge < -0.3 is 0 Å². The molecule has 1 atom stereocenters. The van der Waals surface area contributed by atoms with Gasteiger partial charge in [0.05, 0.1) is 0 Å². The largest absolute Gasteiger partial charge is 0.296 e. The molecule has 0 aliphatic heterocycles. The molecule has 0 aliphatic carbocycles. The van der Waals surface area contributed by atoms with E-state index in [1.807, 2.05) is 26.3 Å². The van der Waals surface area contributed by atoms with Gasteiger partial charge in [0, 0.05) is 13.3 Å². The Bertz CT molecular complexity index is 199. The summed E-state index contributed by atoms with van der Waals surface area (Å²) in [5, 5.41) is 0. The molecule has 1 heteroatoms. The van der Waals surface area contributed by atoms with Gasteiger partial charge in [0.2, 0.25) is 0 Å². The zero-order valence-electron chi connectivity index (χ0n) is 9.25. The predicted octanol–water partition coefficient (Wildman–Crippen LogP) is 3.63. The van der Waals surface area contributed by atoms with Crippen molar-refractivity contribution in [1.29, 1.82) is 0 Å². The van der Waals surface area contributed by atoms with E-state index in [-0.39, 0.29) is 0 Å². The monoisotopic (exact) mass is 179 g/mol. The van der Waals surface area contributed by atoms with Crippen molar-refractivity contribution < 1.29 is 0 Å². The number of hydrogen-bond acceptors (Lipinski definition) is 1. The van der Waals surface area contributed by atoms with Gasteiger partial charge in [-0.2, -0.15) is 0 Å². The van der Waals surface area contributed by atoms with Crippen molar-refractivity contribution >= 4 is 6.21 Å². The van der Waals surface area contributed by atoms with Crippen LogP contribution in [0.25, 0.3) is 0 Å².